The molecule has 0 saturated heterocycles. The van der Waals surface area contributed by atoms with E-state index in [-0.39, 0.29) is 34.0 Å². The Morgan fingerprint density at radius 2 is 1.85 bits per heavy atom. The normalized spacial score (nSPS) is 30.4. The lowest BCUT2D eigenvalue weighted by Crippen LogP contribution is -2.69. The van der Waals surface area contributed by atoms with Gasteiger partial charge in [0.05, 0.1) is 11.0 Å². The van der Waals surface area contributed by atoms with Crippen LogP contribution in [0, 0.1) is 23.6 Å². The molecule has 27 heavy (non-hydrogen) atoms. The zero-order valence-electron chi connectivity index (χ0n) is 15.8. The molecular weight excluding hydrogens is 373 g/mol. The van der Waals surface area contributed by atoms with Gasteiger partial charge in [-0.15, -0.1) is 0 Å². The topological polar surface area (TPSA) is 80.8 Å². The molecule has 3 aliphatic carbocycles. The summed E-state index contributed by atoms with van der Waals surface area (Å²) in [4.78, 5) is 24.9. The molecule has 2 bridgehead atoms. The molecule has 0 atom stereocenters. The van der Waals surface area contributed by atoms with Crippen molar-refractivity contribution < 1.29 is 27.1 Å². The zero-order chi connectivity index (χ0) is 20.0. The molecule has 8 heteroatoms. The fourth-order valence-electron chi connectivity index (χ4n) is 4.81. The molecule has 3 fully saturated rings. The van der Waals surface area contributed by atoms with Gasteiger partial charge in [-0.3, -0.25) is 9.59 Å². The van der Waals surface area contributed by atoms with E-state index in [4.69, 9.17) is 4.74 Å². The molecule has 0 radical (unpaired) electrons. The van der Waals surface area contributed by atoms with Gasteiger partial charge in [0.2, 0.25) is 0 Å². The van der Waals surface area contributed by atoms with Crippen LogP contribution in [0.1, 0.15) is 56.0 Å². The first-order valence-electron chi connectivity index (χ1n) is 8.89. The number of benzene rings is 1. The largest absolute Gasteiger partial charge is 0.460 e. The number of nitrogens with zero attached hydrogens (tertiary/aromatic N) is 1. The summed E-state index contributed by atoms with van der Waals surface area (Å²) in [5.41, 5.74) is -1.38. The average Bonchev–Trinajstić information content (AvgIpc) is 2.58. The highest BCUT2D eigenvalue weighted by Gasteiger charge is 2.73. The third-order valence-electron chi connectivity index (χ3n) is 5.70. The number of hydrogen-bond acceptors (Lipinski definition) is 5. The molecule has 0 unspecified atom stereocenters. The van der Waals surface area contributed by atoms with Crippen molar-refractivity contribution in [2.24, 2.45) is 10.8 Å². The number of hydrogen-bond donors (Lipinski definition) is 0. The van der Waals surface area contributed by atoms with Crippen molar-refractivity contribution in [2.45, 2.75) is 57.5 Å². The van der Waals surface area contributed by atoms with Crippen LogP contribution in [-0.2, 0) is 19.6 Å². The van der Waals surface area contributed by atoms with Gasteiger partial charge in [-0.25, -0.2) is 17.1 Å². The van der Waals surface area contributed by atoms with Gasteiger partial charge in [-0.1, -0.05) is 0 Å². The third-order valence-corrected chi connectivity index (χ3v) is 7.63. The average molecular weight is 395 g/mol. The number of carbonyl (C=O) groups excluding carboxylic acids is 2. The maximum absolute atomic E-state index is 13.7. The molecule has 1 heterocycles. The summed E-state index contributed by atoms with van der Waals surface area (Å²) in [7, 11) is -4.00. The van der Waals surface area contributed by atoms with Crippen molar-refractivity contribution in [2.75, 3.05) is 6.54 Å². The molecule has 1 aliphatic heterocycles. The maximum Gasteiger partial charge on any atom is 0.312 e. The van der Waals surface area contributed by atoms with Crippen LogP contribution in [0.3, 0.4) is 0 Å². The molecule has 6 nitrogen and oxygen atoms in total. The fraction of sp³-hybridized carbons (Fsp3) is 0.579. The quantitative estimate of drug-likeness (QED) is 0.735. The number of halogens is 1. The van der Waals surface area contributed by atoms with E-state index in [9.17, 15) is 22.4 Å². The second kappa shape index (κ2) is 5.10. The summed E-state index contributed by atoms with van der Waals surface area (Å²) in [6.07, 6.45) is 1.54. The number of carbonyl (C=O) groups is 2. The van der Waals surface area contributed by atoms with Crippen LogP contribution in [-0.4, -0.2) is 36.7 Å². The van der Waals surface area contributed by atoms with Crippen molar-refractivity contribution in [3.63, 3.8) is 0 Å². The molecule has 146 valence electrons. The number of aryl methyl sites for hydroxylation is 1. The highest BCUT2D eigenvalue weighted by Crippen LogP contribution is 2.74. The van der Waals surface area contributed by atoms with Crippen LogP contribution in [0.25, 0.3) is 0 Å². The van der Waals surface area contributed by atoms with E-state index in [0.29, 0.717) is 19.3 Å². The van der Waals surface area contributed by atoms with Crippen molar-refractivity contribution in [3.05, 3.63) is 29.1 Å². The minimum atomic E-state index is -4.00. The van der Waals surface area contributed by atoms with E-state index in [1.165, 1.54) is 6.92 Å². The standard InChI is InChI=1S/C19H22FNO5S/c1-11-5-12(20)6-13-14(11)27(24,25)21(15(13)22)10-18-7-19(8-18,9-18)16(23)26-17(2,3)4/h5-6H,7-10H2,1-4H3. The van der Waals surface area contributed by atoms with E-state index in [2.05, 4.69) is 0 Å². The summed E-state index contributed by atoms with van der Waals surface area (Å²) in [6.45, 7) is 6.92. The van der Waals surface area contributed by atoms with Crippen LogP contribution in [0.2, 0.25) is 0 Å². The van der Waals surface area contributed by atoms with Crippen LogP contribution in [0.5, 0.6) is 0 Å². The highest BCUT2D eigenvalue weighted by atomic mass is 32.2. The van der Waals surface area contributed by atoms with Crippen molar-refractivity contribution in [3.8, 4) is 0 Å². The zero-order valence-corrected chi connectivity index (χ0v) is 16.6. The second-order valence-corrected chi connectivity index (χ2v) is 11.0. The van der Waals surface area contributed by atoms with Gasteiger partial charge >= 0.3 is 5.97 Å². The van der Waals surface area contributed by atoms with Gasteiger partial charge in [0.25, 0.3) is 15.9 Å². The monoisotopic (exact) mass is 395 g/mol. The second-order valence-electron chi connectivity index (χ2n) is 9.23. The number of rotatable bonds is 3. The van der Waals surface area contributed by atoms with Gasteiger partial charge < -0.3 is 4.74 Å². The molecule has 1 amide bonds. The molecule has 1 aromatic rings. The Balaban J connectivity index is 1.53. The molecule has 1 aromatic carbocycles. The van der Waals surface area contributed by atoms with E-state index >= 15 is 0 Å². The summed E-state index contributed by atoms with van der Waals surface area (Å²) in [5, 5.41) is 0. The van der Waals surface area contributed by atoms with Crippen LogP contribution < -0.4 is 0 Å². The third kappa shape index (κ3) is 2.52. The molecule has 4 aliphatic rings. The Labute approximate surface area is 157 Å². The number of fused-ring (bicyclic) bond motifs is 1. The van der Waals surface area contributed by atoms with E-state index in [1.807, 2.05) is 0 Å². The van der Waals surface area contributed by atoms with E-state index in [0.717, 1.165) is 16.4 Å². The number of ether oxygens (including phenoxy) is 1. The molecule has 5 rings (SSSR count). The smallest absolute Gasteiger partial charge is 0.312 e. The SMILES string of the molecule is Cc1cc(F)cc2c1S(=O)(=O)N(CC13CC(C(=O)OC(C)(C)C)(C1)C3)C2=O. The highest BCUT2D eigenvalue weighted by molar-refractivity contribution is 7.90. The van der Waals surface area contributed by atoms with E-state index < -0.39 is 32.8 Å². The van der Waals surface area contributed by atoms with Crippen molar-refractivity contribution in [1.82, 2.24) is 4.31 Å². The first-order chi connectivity index (χ1) is 12.3. The van der Waals surface area contributed by atoms with Crippen LogP contribution in [0.15, 0.2) is 17.0 Å². The minimum absolute atomic E-state index is 0.0223. The van der Waals surface area contributed by atoms with Gasteiger partial charge in [0, 0.05) is 6.54 Å². The first kappa shape index (κ1) is 18.4. The lowest BCUT2D eigenvalue weighted by molar-refractivity contribution is -0.235. The molecule has 0 spiro atoms. The predicted molar refractivity (Wildman–Crippen MR) is 93.9 cm³/mol. The molecular formula is C19H22FNO5S. The van der Waals surface area contributed by atoms with Crippen LogP contribution in [0.4, 0.5) is 4.39 Å². The maximum atomic E-state index is 13.7. The van der Waals surface area contributed by atoms with Crippen molar-refractivity contribution >= 4 is 21.9 Å². The Hall–Kier alpha value is -1.96. The van der Waals surface area contributed by atoms with Crippen molar-refractivity contribution in [1.29, 1.82) is 0 Å². The van der Waals surface area contributed by atoms with Gasteiger partial charge in [-0.2, -0.15) is 0 Å². The Morgan fingerprint density at radius 3 is 2.41 bits per heavy atom. The summed E-state index contributed by atoms with van der Waals surface area (Å²) >= 11 is 0. The fourth-order valence-corrected chi connectivity index (χ4v) is 6.69. The Morgan fingerprint density at radius 1 is 1.26 bits per heavy atom. The number of amides is 1. The van der Waals surface area contributed by atoms with Crippen LogP contribution >= 0.6 is 0 Å². The molecule has 0 N–H and O–H groups in total. The first-order valence-corrected chi connectivity index (χ1v) is 10.3. The summed E-state index contributed by atoms with van der Waals surface area (Å²) in [6, 6.07) is 2.10. The predicted octanol–water partition coefficient (Wildman–Crippen LogP) is 2.79. The number of esters is 1. The lowest BCUT2D eigenvalue weighted by Gasteiger charge is -2.69. The summed E-state index contributed by atoms with van der Waals surface area (Å²) in [5.74, 6) is -1.58. The molecule has 3 saturated carbocycles. The van der Waals surface area contributed by atoms with Gasteiger partial charge in [0.15, 0.2) is 0 Å². The molecule has 0 aromatic heterocycles. The minimum Gasteiger partial charge on any atom is -0.460 e. The summed E-state index contributed by atoms with van der Waals surface area (Å²) < 4.78 is 45.7. The lowest BCUT2D eigenvalue weighted by atomic mass is 9.35. The van der Waals surface area contributed by atoms with Gasteiger partial charge in [-0.05, 0) is 70.1 Å². The number of sulfonamides is 1. The Bertz CT molecular complexity index is 972. The Kier molecular flexibility index (Phi) is 3.47. The van der Waals surface area contributed by atoms with Gasteiger partial charge in [0.1, 0.15) is 16.3 Å². The van der Waals surface area contributed by atoms with E-state index in [1.54, 1.807) is 20.8 Å².